The average Bonchev–Trinajstić information content (AvgIpc) is 2.99. The van der Waals surface area contributed by atoms with Crippen LogP contribution in [-0.4, -0.2) is 30.5 Å². The van der Waals surface area contributed by atoms with E-state index in [9.17, 15) is 9.18 Å². The van der Waals surface area contributed by atoms with Crippen molar-refractivity contribution in [3.63, 3.8) is 0 Å². The summed E-state index contributed by atoms with van der Waals surface area (Å²) >= 11 is 0. The number of pyridine rings is 1. The SMILES string of the molecule is Cc1cccc(OCc2cccnc2N2CC[C@@H](F)C2)c1C=O. The van der Waals surface area contributed by atoms with Gasteiger partial charge in [0.05, 0.1) is 12.1 Å². The summed E-state index contributed by atoms with van der Waals surface area (Å²) in [6.07, 6.45) is 2.24. The second kappa shape index (κ2) is 6.77. The molecule has 120 valence electrons. The van der Waals surface area contributed by atoms with Crippen molar-refractivity contribution in [3.8, 4) is 5.75 Å². The summed E-state index contributed by atoms with van der Waals surface area (Å²) in [5.41, 5.74) is 2.33. The van der Waals surface area contributed by atoms with E-state index in [1.165, 1.54) is 0 Å². The van der Waals surface area contributed by atoms with Crippen molar-refractivity contribution >= 4 is 12.1 Å². The van der Waals surface area contributed by atoms with Gasteiger partial charge >= 0.3 is 0 Å². The maximum atomic E-state index is 13.4. The smallest absolute Gasteiger partial charge is 0.154 e. The molecule has 23 heavy (non-hydrogen) atoms. The van der Waals surface area contributed by atoms with Gasteiger partial charge in [0.25, 0.3) is 0 Å². The van der Waals surface area contributed by atoms with Crippen LogP contribution in [0.1, 0.15) is 27.9 Å². The van der Waals surface area contributed by atoms with Gasteiger partial charge in [0.15, 0.2) is 6.29 Å². The number of rotatable bonds is 5. The zero-order chi connectivity index (χ0) is 16.2. The number of hydrogen-bond acceptors (Lipinski definition) is 4. The maximum absolute atomic E-state index is 13.4. The summed E-state index contributed by atoms with van der Waals surface area (Å²) < 4.78 is 19.3. The van der Waals surface area contributed by atoms with E-state index < -0.39 is 6.17 Å². The van der Waals surface area contributed by atoms with Crippen LogP contribution < -0.4 is 9.64 Å². The molecule has 3 rings (SSSR count). The standard InChI is InChI=1S/C18H19FN2O2/c1-13-4-2-6-17(16(13)11-22)23-12-14-5-3-8-20-18(14)21-9-7-15(19)10-21/h2-6,8,11,15H,7,9-10,12H2,1H3/t15-/m1/s1. The Bertz CT molecular complexity index is 705. The van der Waals surface area contributed by atoms with Gasteiger partial charge in [0, 0.05) is 18.3 Å². The molecule has 1 aromatic carbocycles. The summed E-state index contributed by atoms with van der Waals surface area (Å²) in [5, 5.41) is 0. The normalized spacial score (nSPS) is 17.3. The van der Waals surface area contributed by atoms with E-state index in [1.807, 2.05) is 36.1 Å². The third-order valence-electron chi connectivity index (χ3n) is 4.08. The highest BCUT2D eigenvalue weighted by molar-refractivity contribution is 5.81. The van der Waals surface area contributed by atoms with E-state index in [-0.39, 0.29) is 0 Å². The van der Waals surface area contributed by atoms with Crippen molar-refractivity contribution in [1.29, 1.82) is 0 Å². The predicted octanol–water partition coefficient (Wildman–Crippen LogP) is 3.33. The Kier molecular flexibility index (Phi) is 4.55. The minimum Gasteiger partial charge on any atom is -0.488 e. The van der Waals surface area contributed by atoms with Gasteiger partial charge in [-0.15, -0.1) is 0 Å². The fraction of sp³-hybridized carbons (Fsp3) is 0.333. The number of aldehydes is 1. The molecule has 1 atom stereocenters. The Balaban J connectivity index is 1.79. The Morgan fingerprint density at radius 3 is 3.00 bits per heavy atom. The number of nitrogens with zero attached hydrogens (tertiary/aromatic N) is 2. The highest BCUT2D eigenvalue weighted by Gasteiger charge is 2.24. The van der Waals surface area contributed by atoms with Crippen molar-refractivity contribution in [3.05, 3.63) is 53.2 Å². The molecule has 1 saturated heterocycles. The van der Waals surface area contributed by atoms with E-state index in [2.05, 4.69) is 4.98 Å². The van der Waals surface area contributed by atoms with Crippen LogP contribution in [0.25, 0.3) is 0 Å². The lowest BCUT2D eigenvalue weighted by Gasteiger charge is -2.20. The van der Waals surface area contributed by atoms with Crippen molar-refractivity contribution in [1.82, 2.24) is 4.98 Å². The molecule has 1 fully saturated rings. The van der Waals surface area contributed by atoms with Gasteiger partial charge in [0.1, 0.15) is 24.3 Å². The molecule has 2 aromatic rings. The minimum absolute atomic E-state index is 0.293. The molecule has 0 spiro atoms. The average molecular weight is 314 g/mol. The third kappa shape index (κ3) is 3.33. The Morgan fingerprint density at radius 2 is 2.26 bits per heavy atom. The van der Waals surface area contributed by atoms with Crippen LogP contribution in [-0.2, 0) is 6.61 Å². The number of halogens is 1. The largest absolute Gasteiger partial charge is 0.488 e. The fourth-order valence-corrected chi connectivity index (χ4v) is 2.82. The lowest BCUT2D eigenvalue weighted by molar-refractivity contribution is 0.111. The van der Waals surface area contributed by atoms with Crippen LogP contribution >= 0.6 is 0 Å². The molecule has 0 N–H and O–H groups in total. The van der Waals surface area contributed by atoms with Crippen LogP contribution in [0, 0.1) is 6.92 Å². The summed E-state index contributed by atoms with van der Waals surface area (Å²) in [7, 11) is 0. The zero-order valence-electron chi connectivity index (χ0n) is 13.0. The van der Waals surface area contributed by atoms with Gasteiger partial charge in [-0.25, -0.2) is 9.37 Å². The second-order valence-corrected chi connectivity index (χ2v) is 5.71. The van der Waals surface area contributed by atoms with E-state index in [0.29, 0.717) is 37.4 Å². The van der Waals surface area contributed by atoms with Crippen molar-refractivity contribution < 1.29 is 13.9 Å². The first-order valence-corrected chi connectivity index (χ1v) is 7.69. The van der Waals surface area contributed by atoms with Crippen LogP contribution in [0.2, 0.25) is 0 Å². The molecule has 1 aliphatic heterocycles. The molecule has 0 bridgehead atoms. The van der Waals surface area contributed by atoms with Crippen LogP contribution in [0.5, 0.6) is 5.75 Å². The quantitative estimate of drug-likeness (QED) is 0.794. The third-order valence-corrected chi connectivity index (χ3v) is 4.08. The number of ether oxygens (including phenoxy) is 1. The monoisotopic (exact) mass is 314 g/mol. The van der Waals surface area contributed by atoms with Crippen LogP contribution in [0.15, 0.2) is 36.5 Å². The van der Waals surface area contributed by atoms with Gasteiger partial charge in [0.2, 0.25) is 0 Å². The highest BCUT2D eigenvalue weighted by atomic mass is 19.1. The van der Waals surface area contributed by atoms with Gasteiger partial charge in [-0.2, -0.15) is 0 Å². The summed E-state index contributed by atoms with van der Waals surface area (Å²) in [5.74, 6) is 1.31. The van der Waals surface area contributed by atoms with Crippen LogP contribution in [0.3, 0.4) is 0 Å². The van der Waals surface area contributed by atoms with Gasteiger partial charge in [-0.05, 0) is 31.0 Å². The molecular formula is C18H19FN2O2. The number of aryl methyl sites for hydroxylation is 1. The molecule has 0 amide bonds. The van der Waals surface area contributed by atoms with Crippen molar-refractivity contribution in [2.24, 2.45) is 0 Å². The Hall–Kier alpha value is -2.43. The first-order chi connectivity index (χ1) is 11.2. The predicted molar refractivity (Wildman–Crippen MR) is 86.9 cm³/mol. The van der Waals surface area contributed by atoms with E-state index in [1.54, 1.807) is 12.3 Å². The maximum Gasteiger partial charge on any atom is 0.154 e. The summed E-state index contributed by atoms with van der Waals surface area (Å²) in [4.78, 5) is 17.6. The molecular weight excluding hydrogens is 295 g/mol. The molecule has 1 aliphatic rings. The number of anilines is 1. The van der Waals surface area contributed by atoms with E-state index >= 15 is 0 Å². The molecule has 5 heteroatoms. The Morgan fingerprint density at radius 1 is 1.39 bits per heavy atom. The molecule has 0 unspecified atom stereocenters. The van der Waals surface area contributed by atoms with Gasteiger partial charge < -0.3 is 9.64 Å². The first-order valence-electron chi connectivity index (χ1n) is 7.69. The number of benzene rings is 1. The number of carbonyl (C=O) groups is 1. The number of alkyl halides is 1. The molecule has 1 aromatic heterocycles. The zero-order valence-corrected chi connectivity index (χ0v) is 13.0. The van der Waals surface area contributed by atoms with E-state index in [4.69, 9.17) is 4.74 Å². The van der Waals surface area contributed by atoms with E-state index in [0.717, 1.165) is 23.2 Å². The van der Waals surface area contributed by atoms with Crippen molar-refractivity contribution in [2.75, 3.05) is 18.0 Å². The molecule has 0 radical (unpaired) electrons. The van der Waals surface area contributed by atoms with Gasteiger partial charge in [-0.3, -0.25) is 4.79 Å². The topological polar surface area (TPSA) is 42.4 Å². The second-order valence-electron chi connectivity index (χ2n) is 5.71. The number of carbonyl (C=O) groups excluding carboxylic acids is 1. The minimum atomic E-state index is -0.802. The highest BCUT2D eigenvalue weighted by Crippen LogP contribution is 2.26. The lowest BCUT2D eigenvalue weighted by atomic mass is 10.1. The summed E-state index contributed by atoms with van der Waals surface area (Å²) in [6, 6.07) is 9.26. The van der Waals surface area contributed by atoms with Gasteiger partial charge in [-0.1, -0.05) is 18.2 Å². The molecule has 4 nitrogen and oxygen atoms in total. The van der Waals surface area contributed by atoms with Crippen molar-refractivity contribution in [2.45, 2.75) is 26.1 Å². The first kappa shape index (κ1) is 15.5. The molecule has 2 heterocycles. The summed E-state index contributed by atoms with van der Waals surface area (Å²) in [6.45, 7) is 3.20. The fourth-order valence-electron chi connectivity index (χ4n) is 2.82. The lowest BCUT2D eigenvalue weighted by Crippen LogP contribution is -2.23. The number of aromatic nitrogens is 1. The van der Waals surface area contributed by atoms with Crippen LogP contribution in [0.4, 0.5) is 10.2 Å². The Labute approximate surface area is 134 Å². The number of hydrogen-bond donors (Lipinski definition) is 0. The molecule has 0 aliphatic carbocycles. The molecule has 0 saturated carbocycles.